The van der Waals surface area contributed by atoms with Crippen molar-refractivity contribution in [2.45, 2.75) is 102 Å². The number of hydrogen-bond acceptors (Lipinski definition) is 2. The van der Waals surface area contributed by atoms with Crippen molar-refractivity contribution in [1.29, 1.82) is 0 Å². The van der Waals surface area contributed by atoms with E-state index in [2.05, 4.69) is 174 Å². The third kappa shape index (κ3) is 4.15. The highest BCUT2D eigenvalue weighted by Gasteiger charge is 2.84. The molecular weight excluding hydrogens is 715 g/mol. The van der Waals surface area contributed by atoms with Crippen LogP contribution in [0.3, 0.4) is 0 Å². The number of nitrogens with zero attached hydrogens (tertiary/aromatic N) is 1. The number of benzene rings is 6. The molecule has 4 fully saturated rings. The molecule has 13 rings (SSSR count). The Balaban J connectivity index is 1.04. The van der Waals surface area contributed by atoms with Gasteiger partial charge >= 0.3 is 0 Å². The van der Waals surface area contributed by atoms with Gasteiger partial charge in [0, 0.05) is 39.4 Å². The van der Waals surface area contributed by atoms with Crippen LogP contribution in [0.25, 0.3) is 22.3 Å². The van der Waals surface area contributed by atoms with Crippen LogP contribution in [-0.2, 0) is 21.7 Å². The van der Waals surface area contributed by atoms with Crippen LogP contribution in [0.4, 0.5) is 17.1 Å². The Labute approximate surface area is 350 Å². The predicted octanol–water partition coefficient (Wildman–Crippen LogP) is 14.9. The number of hydrogen-bond donors (Lipinski definition) is 0. The molecule has 2 bridgehead atoms. The fraction of sp³-hybridized carbons (Fsp3) is 0.368. The molecule has 4 saturated carbocycles. The summed E-state index contributed by atoms with van der Waals surface area (Å²) in [4.78, 5) is 2.60. The average molecular weight is 770 g/mol. The summed E-state index contributed by atoms with van der Waals surface area (Å²) in [6.07, 6.45) is 7.97. The van der Waals surface area contributed by atoms with Gasteiger partial charge in [0.25, 0.3) is 0 Å². The largest absolute Gasteiger partial charge is 0.457 e. The molecule has 2 heteroatoms. The molecule has 2 spiro atoms. The van der Waals surface area contributed by atoms with Gasteiger partial charge in [0.2, 0.25) is 0 Å². The molecule has 6 aromatic carbocycles. The fourth-order valence-electron chi connectivity index (χ4n) is 15.3. The van der Waals surface area contributed by atoms with Crippen LogP contribution in [0.1, 0.15) is 113 Å². The second-order valence-electron chi connectivity index (χ2n) is 21.6. The first-order valence-corrected chi connectivity index (χ1v) is 22.6. The van der Waals surface area contributed by atoms with E-state index in [1.165, 1.54) is 105 Å². The standard InChI is InChI=1S/C57H55NO/c1-53(2)26-27-54(3,4)52-44(53)19-13-20-46(52)58(37-22-24-41-40-16-10-11-18-42(40)55(5,6)45(41)31-37)38-23-25-43-48(32-38)59-47-21-12-17-39(35-14-8-7-9-15-35)51(47)57(43)49-29-34-28-36-30-50(57)56(36,49)33-34/h7-25,31-32,34,36,49-50H,26-30,33H2,1-6H3. The maximum Gasteiger partial charge on any atom is 0.133 e. The third-order valence-corrected chi connectivity index (χ3v) is 17.8. The van der Waals surface area contributed by atoms with Crippen molar-refractivity contribution < 1.29 is 4.74 Å². The molecule has 0 N–H and O–H groups in total. The van der Waals surface area contributed by atoms with Crippen LogP contribution in [0.5, 0.6) is 11.5 Å². The third-order valence-electron chi connectivity index (χ3n) is 17.8. The molecule has 0 saturated heterocycles. The summed E-state index contributed by atoms with van der Waals surface area (Å²) in [6.45, 7) is 14.6. The highest BCUT2D eigenvalue weighted by Crippen LogP contribution is 2.89. The van der Waals surface area contributed by atoms with Gasteiger partial charge in [0.1, 0.15) is 11.5 Å². The monoisotopic (exact) mass is 769 g/mol. The Hall–Kier alpha value is -5.08. The van der Waals surface area contributed by atoms with Gasteiger partial charge in [-0.3, -0.25) is 0 Å². The van der Waals surface area contributed by atoms with E-state index in [0.29, 0.717) is 17.3 Å². The van der Waals surface area contributed by atoms with E-state index in [1.807, 2.05) is 0 Å². The van der Waals surface area contributed by atoms with Gasteiger partial charge in [0.05, 0.1) is 5.69 Å². The molecular formula is C57H55NO. The summed E-state index contributed by atoms with van der Waals surface area (Å²) in [5.41, 5.74) is 18.3. The summed E-state index contributed by atoms with van der Waals surface area (Å²) in [5.74, 6) is 5.29. The number of ether oxygens (including phenoxy) is 1. The SMILES string of the molecule is CC1(C)CCC(C)(C)c2c(N(c3ccc4c(c3)Oc3cccc(-c5ccccc5)c3C43C4CC5CC6CC3C64C5)c3ccc4c(c3)C(C)(C)c3ccccc3-4)cccc21. The van der Waals surface area contributed by atoms with Crippen LogP contribution in [0.15, 0.2) is 127 Å². The zero-order valence-electron chi connectivity index (χ0n) is 35.5. The molecule has 0 amide bonds. The van der Waals surface area contributed by atoms with Gasteiger partial charge in [-0.05, 0) is 153 Å². The van der Waals surface area contributed by atoms with Crippen LogP contribution in [-0.4, -0.2) is 0 Å². The highest BCUT2D eigenvalue weighted by molar-refractivity contribution is 5.88. The highest BCUT2D eigenvalue weighted by atomic mass is 16.5. The maximum absolute atomic E-state index is 7.33. The zero-order valence-corrected chi connectivity index (χ0v) is 35.5. The lowest BCUT2D eigenvalue weighted by molar-refractivity contribution is -0.234. The summed E-state index contributed by atoms with van der Waals surface area (Å²) >= 11 is 0. The molecule has 6 aliphatic carbocycles. The first-order valence-electron chi connectivity index (χ1n) is 22.6. The van der Waals surface area contributed by atoms with Crippen LogP contribution in [0, 0.1) is 29.1 Å². The molecule has 6 unspecified atom stereocenters. The van der Waals surface area contributed by atoms with Crippen molar-refractivity contribution >= 4 is 17.1 Å². The van der Waals surface area contributed by atoms with Gasteiger partial charge in [-0.1, -0.05) is 133 Å². The summed E-state index contributed by atoms with van der Waals surface area (Å²) in [6, 6.07) is 48.9. The molecule has 1 heterocycles. The smallest absolute Gasteiger partial charge is 0.133 e. The van der Waals surface area contributed by atoms with Crippen molar-refractivity contribution in [3.63, 3.8) is 0 Å². The Bertz CT molecular complexity index is 2790. The minimum absolute atomic E-state index is 0.0221. The van der Waals surface area contributed by atoms with Gasteiger partial charge in [-0.15, -0.1) is 0 Å². The molecule has 0 aromatic heterocycles. The number of rotatable bonds is 4. The maximum atomic E-state index is 7.33. The van der Waals surface area contributed by atoms with E-state index < -0.39 is 0 Å². The number of anilines is 3. The minimum atomic E-state index is -0.0992. The summed E-state index contributed by atoms with van der Waals surface area (Å²) in [5, 5.41) is 0. The van der Waals surface area contributed by atoms with Crippen molar-refractivity contribution in [1.82, 2.24) is 0 Å². The van der Waals surface area contributed by atoms with Gasteiger partial charge in [-0.2, -0.15) is 0 Å². The first-order chi connectivity index (χ1) is 28.4. The molecule has 1 aliphatic heterocycles. The summed E-state index contributed by atoms with van der Waals surface area (Å²) in [7, 11) is 0. The second kappa shape index (κ2) is 11.2. The quantitative estimate of drug-likeness (QED) is 0.177. The van der Waals surface area contributed by atoms with Crippen molar-refractivity contribution in [3.05, 3.63) is 161 Å². The van der Waals surface area contributed by atoms with E-state index in [-0.39, 0.29) is 21.7 Å². The van der Waals surface area contributed by atoms with Crippen molar-refractivity contribution in [2.75, 3.05) is 4.90 Å². The lowest BCUT2D eigenvalue weighted by Gasteiger charge is -2.77. The molecule has 6 aromatic rings. The first kappa shape index (κ1) is 34.8. The van der Waals surface area contributed by atoms with Crippen LogP contribution >= 0.6 is 0 Å². The molecule has 2 nitrogen and oxygen atoms in total. The van der Waals surface area contributed by atoms with E-state index in [4.69, 9.17) is 4.74 Å². The predicted molar refractivity (Wildman–Crippen MR) is 242 cm³/mol. The lowest BCUT2D eigenvalue weighted by Crippen LogP contribution is -2.74. The van der Waals surface area contributed by atoms with E-state index in [0.717, 1.165) is 29.8 Å². The second-order valence-corrected chi connectivity index (χ2v) is 21.6. The number of fused-ring (bicyclic) bond motifs is 11. The van der Waals surface area contributed by atoms with E-state index >= 15 is 0 Å². The fourth-order valence-corrected chi connectivity index (χ4v) is 15.3. The topological polar surface area (TPSA) is 12.5 Å². The molecule has 7 aliphatic rings. The summed E-state index contributed by atoms with van der Waals surface area (Å²) < 4.78 is 7.33. The van der Waals surface area contributed by atoms with Crippen LogP contribution in [0.2, 0.25) is 0 Å². The Morgan fingerprint density at radius 2 is 1.22 bits per heavy atom. The van der Waals surface area contributed by atoms with Crippen molar-refractivity contribution in [3.8, 4) is 33.8 Å². The molecule has 0 radical (unpaired) electrons. The minimum Gasteiger partial charge on any atom is -0.457 e. The van der Waals surface area contributed by atoms with Crippen LogP contribution < -0.4 is 9.64 Å². The van der Waals surface area contributed by atoms with Crippen molar-refractivity contribution in [2.24, 2.45) is 29.1 Å². The van der Waals surface area contributed by atoms with E-state index in [1.54, 1.807) is 0 Å². The average Bonchev–Trinajstić information content (AvgIpc) is 3.85. The Kier molecular flexibility index (Phi) is 6.59. The Morgan fingerprint density at radius 1 is 0.525 bits per heavy atom. The van der Waals surface area contributed by atoms with Gasteiger partial charge < -0.3 is 9.64 Å². The molecule has 6 atom stereocenters. The van der Waals surface area contributed by atoms with Gasteiger partial charge in [-0.25, -0.2) is 0 Å². The van der Waals surface area contributed by atoms with Gasteiger partial charge in [0.15, 0.2) is 0 Å². The van der Waals surface area contributed by atoms with E-state index in [9.17, 15) is 0 Å². The Morgan fingerprint density at radius 3 is 2.07 bits per heavy atom. The zero-order chi connectivity index (χ0) is 39.8. The lowest BCUT2D eigenvalue weighted by atomic mass is 9.26. The normalized spacial score (nSPS) is 29.5. The molecule has 294 valence electrons. The molecule has 59 heavy (non-hydrogen) atoms.